The summed E-state index contributed by atoms with van der Waals surface area (Å²) in [6, 6.07) is 8.73. The first-order chi connectivity index (χ1) is 19.0. The number of para-hydroxylation sites is 2. The van der Waals surface area contributed by atoms with Crippen LogP contribution in [0, 0.1) is 11.6 Å². The quantitative estimate of drug-likeness (QED) is 0.463. The van der Waals surface area contributed by atoms with Crippen molar-refractivity contribution in [3.63, 3.8) is 0 Å². The van der Waals surface area contributed by atoms with Crippen LogP contribution in [0.3, 0.4) is 0 Å². The zero-order chi connectivity index (χ0) is 28.6. The Morgan fingerprint density at radius 1 is 0.975 bits per heavy atom. The van der Waals surface area contributed by atoms with Crippen LogP contribution in [0.4, 0.5) is 26.7 Å². The summed E-state index contributed by atoms with van der Waals surface area (Å²) in [5, 5.41) is 2.57. The van der Waals surface area contributed by atoms with E-state index in [2.05, 4.69) is 10.3 Å². The van der Waals surface area contributed by atoms with E-state index in [1.54, 1.807) is 10.6 Å². The van der Waals surface area contributed by atoms with Crippen LogP contribution >= 0.6 is 0 Å². The molecule has 2 atom stereocenters. The Morgan fingerprint density at radius 2 is 1.70 bits per heavy atom. The highest BCUT2D eigenvalue weighted by Gasteiger charge is 2.40. The van der Waals surface area contributed by atoms with E-state index >= 15 is 0 Å². The lowest BCUT2D eigenvalue weighted by Crippen LogP contribution is -2.54. The van der Waals surface area contributed by atoms with Crippen molar-refractivity contribution in [1.82, 2.24) is 24.7 Å². The fourth-order valence-electron chi connectivity index (χ4n) is 5.75. The predicted molar refractivity (Wildman–Crippen MR) is 136 cm³/mol. The van der Waals surface area contributed by atoms with E-state index in [0.717, 1.165) is 11.6 Å². The van der Waals surface area contributed by atoms with Gasteiger partial charge in [0.15, 0.2) is 11.6 Å². The first-order valence-corrected chi connectivity index (χ1v) is 13.1. The monoisotopic (exact) mass is 565 g/mol. The Balaban J connectivity index is 1.28. The van der Waals surface area contributed by atoms with Crippen molar-refractivity contribution in [2.45, 2.75) is 49.9 Å². The lowest BCUT2D eigenvalue weighted by atomic mass is 9.93. The molecule has 8 nitrogen and oxygen atoms in total. The van der Waals surface area contributed by atoms with Crippen LogP contribution in [0.2, 0.25) is 0 Å². The number of hydrogen-bond donors (Lipinski definition) is 2. The molecule has 0 saturated carbocycles. The van der Waals surface area contributed by atoms with Crippen molar-refractivity contribution in [3.8, 4) is 0 Å². The molecule has 13 heteroatoms. The number of urea groups is 1. The van der Waals surface area contributed by atoms with Crippen molar-refractivity contribution in [3.05, 3.63) is 70.1 Å². The van der Waals surface area contributed by atoms with E-state index in [4.69, 9.17) is 0 Å². The second-order valence-corrected chi connectivity index (χ2v) is 10.3. The predicted octanol–water partition coefficient (Wildman–Crippen LogP) is 4.29. The maximum atomic E-state index is 14.5. The topological polar surface area (TPSA) is 90.4 Å². The van der Waals surface area contributed by atoms with Gasteiger partial charge in [-0.1, -0.05) is 24.3 Å². The molecular formula is C27H28F5N5O3. The zero-order valence-corrected chi connectivity index (χ0v) is 21.4. The Hall–Kier alpha value is -3.90. The summed E-state index contributed by atoms with van der Waals surface area (Å²) >= 11 is 0. The van der Waals surface area contributed by atoms with Gasteiger partial charge in [0.2, 0.25) is 5.91 Å². The fourth-order valence-corrected chi connectivity index (χ4v) is 5.75. The summed E-state index contributed by atoms with van der Waals surface area (Å²) in [4.78, 5) is 43.6. The SMILES string of the molecule is O=C(N[C@@H]1CCC(c2cccc(F)c2F)CN(CC(F)(F)F)C1=O)N1CCC(n2c(=O)[nH]c3ccccc32)CC1. The molecule has 2 N–H and O–H groups in total. The van der Waals surface area contributed by atoms with Gasteiger partial charge in [0.1, 0.15) is 12.6 Å². The van der Waals surface area contributed by atoms with Gasteiger partial charge in [-0.3, -0.25) is 9.36 Å². The number of aromatic nitrogens is 2. The lowest BCUT2D eigenvalue weighted by molar-refractivity contribution is -0.162. The maximum absolute atomic E-state index is 14.5. The molecule has 0 radical (unpaired) electrons. The van der Waals surface area contributed by atoms with Gasteiger partial charge in [0.25, 0.3) is 0 Å². The molecule has 0 spiro atoms. The minimum absolute atomic E-state index is 0.0409. The van der Waals surface area contributed by atoms with Gasteiger partial charge < -0.3 is 20.1 Å². The number of carbonyl (C=O) groups excluding carboxylic acids is 2. The highest BCUT2D eigenvalue weighted by Crippen LogP contribution is 2.32. The number of H-pyrrole nitrogens is 1. The first kappa shape index (κ1) is 27.7. The second-order valence-electron chi connectivity index (χ2n) is 10.3. The average molecular weight is 566 g/mol. The molecule has 2 saturated heterocycles. The number of benzene rings is 2. The fraction of sp³-hybridized carbons (Fsp3) is 0.444. The largest absolute Gasteiger partial charge is 0.406 e. The van der Waals surface area contributed by atoms with E-state index in [9.17, 15) is 36.3 Å². The summed E-state index contributed by atoms with van der Waals surface area (Å²) in [6.07, 6.45) is -3.76. The van der Waals surface area contributed by atoms with Crippen molar-refractivity contribution < 1.29 is 31.5 Å². The van der Waals surface area contributed by atoms with E-state index in [0.29, 0.717) is 23.3 Å². The molecule has 2 aliphatic rings. The number of carbonyl (C=O) groups is 2. The van der Waals surface area contributed by atoms with Crippen molar-refractivity contribution >= 4 is 23.0 Å². The van der Waals surface area contributed by atoms with Gasteiger partial charge in [-0.2, -0.15) is 13.2 Å². The van der Waals surface area contributed by atoms with Crippen LogP contribution in [0.5, 0.6) is 0 Å². The molecule has 40 heavy (non-hydrogen) atoms. The second kappa shape index (κ2) is 10.9. The highest BCUT2D eigenvalue weighted by atomic mass is 19.4. The average Bonchev–Trinajstić information content (AvgIpc) is 3.18. The first-order valence-electron chi connectivity index (χ1n) is 13.1. The van der Waals surface area contributed by atoms with Crippen LogP contribution in [0.15, 0.2) is 47.3 Å². The van der Waals surface area contributed by atoms with E-state index in [1.165, 1.54) is 17.0 Å². The number of halogens is 5. The number of nitrogens with one attached hydrogen (secondary N) is 2. The molecule has 2 fully saturated rings. The minimum Gasteiger partial charge on any atom is -0.331 e. The van der Waals surface area contributed by atoms with Gasteiger partial charge in [0, 0.05) is 31.6 Å². The number of nitrogens with zero attached hydrogens (tertiary/aromatic N) is 3. The van der Waals surface area contributed by atoms with Gasteiger partial charge >= 0.3 is 17.9 Å². The summed E-state index contributed by atoms with van der Waals surface area (Å²) < 4.78 is 70.0. The van der Waals surface area contributed by atoms with Gasteiger partial charge in [-0.25, -0.2) is 18.4 Å². The summed E-state index contributed by atoms with van der Waals surface area (Å²) in [6.45, 7) is -1.49. The van der Waals surface area contributed by atoms with Gasteiger partial charge in [-0.15, -0.1) is 0 Å². The van der Waals surface area contributed by atoms with Crippen LogP contribution in [-0.2, 0) is 4.79 Å². The maximum Gasteiger partial charge on any atom is 0.406 e. The number of likely N-dealkylation sites (tertiary alicyclic amines) is 2. The third-order valence-corrected chi connectivity index (χ3v) is 7.68. The van der Waals surface area contributed by atoms with Crippen LogP contribution < -0.4 is 11.0 Å². The number of rotatable bonds is 4. The standard InChI is InChI=1S/C27H28F5N5O3/c28-19-5-3-4-18(23(19)29)16-8-9-21(24(38)36(14-16)15-27(30,31)32)34-25(39)35-12-10-17(11-13-35)37-22-7-2-1-6-20(22)33-26(37)40/h1-7,16-17,21H,8-15H2,(H,33,40)(H,34,39)/t16?,21-/m1/s1. The third-order valence-electron chi connectivity index (χ3n) is 7.68. The molecule has 2 aromatic carbocycles. The minimum atomic E-state index is -4.72. The molecule has 3 aromatic rings. The van der Waals surface area contributed by atoms with E-state index < -0.39 is 54.8 Å². The molecule has 1 aromatic heterocycles. The molecule has 0 aliphatic carbocycles. The van der Waals surface area contributed by atoms with Crippen molar-refractivity contribution in [2.24, 2.45) is 0 Å². The van der Waals surface area contributed by atoms with Crippen molar-refractivity contribution in [1.29, 1.82) is 0 Å². The van der Waals surface area contributed by atoms with Crippen molar-refractivity contribution in [2.75, 3.05) is 26.2 Å². The molecular weight excluding hydrogens is 537 g/mol. The lowest BCUT2D eigenvalue weighted by Gasteiger charge is -2.34. The summed E-state index contributed by atoms with van der Waals surface area (Å²) in [7, 11) is 0. The Kier molecular flexibility index (Phi) is 7.56. The molecule has 3 amide bonds. The van der Waals surface area contributed by atoms with Gasteiger partial charge in [0.05, 0.1) is 11.0 Å². The molecule has 2 aliphatic heterocycles. The number of alkyl halides is 3. The summed E-state index contributed by atoms with van der Waals surface area (Å²) in [5.41, 5.74) is 1.11. The van der Waals surface area contributed by atoms with Crippen LogP contribution in [-0.4, -0.2) is 69.7 Å². The van der Waals surface area contributed by atoms with Crippen LogP contribution in [0.25, 0.3) is 11.0 Å². The molecule has 214 valence electrons. The number of imidazole rings is 1. The molecule has 3 heterocycles. The zero-order valence-electron chi connectivity index (χ0n) is 21.4. The number of amides is 3. The highest BCUT2D eigenvalue weighted by molar-refractivity contribution is 5.87. The van der Waals surface area contributed by atoms with Crippen LogP contribution in [0.1, 0.15) is 43.2 Å². The third kappa shape index (κ3) is 5.68. The number of aromatic amines is 1. The number of piperidine rings is 1. The Labute approximate surface area is 225 Å². The van der Waals surface area contributed by atoms with E-state index in [1.807, 2.05) is 18.2 Å². The molecule has 0 bridgehead atoms. The molecule has 1 unspecified atom stereocenters. The Bertz CT molecular complexity index is 1460. The van der Waals surface area contributed by atoms with Gasteiger partial charge in [-0.05, 0) is 49.4 Å². The number of hydrogen-bond acceptors (Lipinski definition) is 3. The van der Waals surface area contributed by atoms with E-state index in [-0.39, 0.29) is 43.2 Å². The molecule has 5 rings (SSSR count). The Morgan fingerprint density at radius 3 is 2.42 bits per heavy atom. The number of fused-ring (bicyclic) bond motifs is 1. The summed E-state index contributed by atoms with van der Waals surface area (Å²) in [5.74, 6) is -4.09. The normalized spacial score (nSPS) is 21.1. The smallest absolute Gasteiger partial charge is 0.331 e.